The quantitative estimate of drug-likeness (QED) is 0.897. The highest BCUT2D eigenvalue weighted by molar-refractivity contribution is 6.32. The fourth-order valence-electron chi connectivity index (χ4n) is 2.00. The third-order valence-corrected chi connectivity index (χ3v) is 3.55. The van der Waals surface area contributed by atoms with Gasteiger partial charge >= 0.3 is 0 Å². The second-order valence-corrected chi connectivity index (χ2v) is 4.57. The predicted octanol–water partition coefficient (Wildman–Crippen LogP) is 2.81. The van der Waals surface area contributed by atoms with Crippen LogP contribution < -0.4 is 10.5 Å². The molecular formula is C13H16ClN3O. The molecule has 0 bridgehead atoms. The third kappa shape index (κ3) is 2.09. The van der Waals surface area contributed by atoms with E-state index in [2.05, 4.69) is 10.2 Å². The van der Waals surface area contributed by atoms with Gasteiger partial charge in [0.1, 0.15) is 5.75 Å². The van der Waals surface area contributed by atoms with E-state index in [1.165, 1.54) is 0 Å². The second kappa shape index (κ2) is 5.00. The van der Waals surface area contributed by atoms with Crippen molar-refractivity contribution >= 4 is 11.6 Å². The molecule has 18 heavy (non-hydrogen) atoms. The highest BCUT2D eigenvalue weighted by Gasteiger charge is 2.16. The van der Waals surface area contributed by atoms with Gasteiger partial charge in [-0.25, -0.2) is 0 Å². The number of aromatic nitrogens is 2. The van der Waals surface area contributed by atoms with E-state index < -0.39 is 0 Å². The van der Waals surface area contributed by atoms with Gasteiger partial charge in [-0.05, 0) is 37.1 Å². The van der Waals surface area contributed by atoms with E-state index in [1.54, 1.807) is 7.11 Å². The minimum Gasteiger partial charge on any atom is -0.496 e. The maximum absolute atomic E-state index is 6.28. The average Bonchev–Trinajstić information content (AvgIpc) is 2.83. The van der Waals surface area contributed by atoms with Crippen LogP contribution in [0.3, 0.4) is 0 Å². The highest BCUT2D eigenvalue weighted by atomic mass is 35.5. The fourth-order valence-corrected chi connectivity index (χ4v) is 2.15. The SMILES string of the molecule is COc1cc(C)c(Cl)c(C)c1-c1cc(CN)[nH]n1. The molecule has 0 spiro atoms. The molecule has 2 rings (SSSR count). The first-order valence-electron chi connectivity index (χ1n) is 5.67. The van der Waals surface area contributed by atoms with Gasteiger partial charge in [-0.15, -0.1) is 0 Å². The minimum atomic E-state index is 0.425. The molecule has 3 N–H and O–H groups in total. The molecule has 1 heterocycles. The molecule has 0 aliphatic carbocycles. The van der Waals surface area contributed by atoms with Crippen molar-refractivity contribution in [3.63, 3.8) is 0 Å². The molecule has 0 saturated heterocycles. The van der Waals surface area contributed by atoms with Crippen molar-refractivity contribution in [3.8, 4) is 17.0 Å². The van der Waals surface area contributed by atoms with Gasteiger partial charge in [-0.1, -0.05) is 11.6 Å². The standard InChI is InChI=1S/C13H16ClN3O/c1-7-4-11(18-3)12(8(2)13(7)14)10-5-9(6-15)16-17-10/h4-5H,6,15H2,1-3H3,(H,16,17). The van der Waals surface area contributed by atoms with Crippen LogP contribution in [-0.2, 0) is 6.54 Å². The topological polar surface area (TPSA) is 63.9 Å². The number of methoxy groups -OCH3 is 1. The monoisotopic (exact) mass is 265 g/mol. The van der Waals surface area contributed by atoms with Crippen LogP contribution in [0, 0.1) is 13.8 Å². The minimum absolute atomic E-state index is 0.425. The Kier molecular flexibility index (Phi) is 3.59. The van der Waals surface area contributed by atoms with Gasteiger partial charge in [0.25, 0.3) is 0 Å². The number of hydrogen-bond donors (Lipinski definition) is 2. The number of aromatic amines is 1. The number of hydrogen-bond acceptors (Lipinski definition) is 3. The molecule has 1 aromatic carbocycles. The Morgan fingerprint density at radius 3 is 2.67 bits per heavy atom. The molecule has 0 saturated carbocycles. The molecule has 0 unspecified atom stereocenters. The zero-order valence-corrected chi connectivity index (χ0v) is 11.4. The fraction of sp³-hybridized carbons (Fsp3) is 0.308. The van der Waals surface area contributed by atoms with Crippen LogP contribution in [0.4, 0.5) is 0 Å². The lowest BCUT2D eigenvalue weighted by molar-refractivity contribution is 0.415. The van der Waals surface area contributed by atoms with Crippen molar-refractivity contribution in [1.82, 2.24) is 10.2 Å². The number of H-pyrrole nitrogens is 1. The van der Waals surface area contributed by atoms with Crippen molar-refractivity contribution in [3.05, 3.63) is 34.0 Å². The number of rotatable bonds is 3. The van der Waals surface area contributed by atoms with Gasteiger partial charge in [0, 0.05) is 22.8 Å². The van der Waals surface area contributed by atoms with Crippen molar-refractivity contribution < 1.29 is 4.74 Å². The Morgan fingerprint density at radius 2 is 2.11 bits per heavy atom. The van der Waals surface area contributed by atoms with Crippen LogP contribution in [-0.4, -0.2) is 17.3 Å². The summed E-state index contributed by atoms with van der Waals surface area (Å²) in [6, 6.07) is 3.83. The zero-order valence-electron chi connectivity index (χ0n) is 10.7. The van der Waals surface area contributed by atoms with Crippen LogP contribution in [0.5, 0.6) is 5.75 Å². The van der Waals surface area contributed by atoms with Crippen LogP contribution in [0.1, 0.15) is 16.8 Å². The van der Waals surface area contributed by atoms with E-state index in [1.807, 2.05) is 26.0 Å². The molecule has 2 aromatic rings. The summed E-state index contributed by atoms with van der Waals surface area (Å²) in [6.07, 6.45) is 0. The first-order chi connectivity index (χ1) is 8.58. The largest absolute Gasteiger partial charge is 0.496 e. The third-order valence-electron chi connectivity index (χ3n) is 2.97. The smallest absolute Gasteiger partial charge is 0.128 e. The van der Waals surface area contributed by atoms with E-state index in [4.69, 9.17) is 22.1 Å². The van der Waals surface area contributed by atoms with Crippen molar-refractivity contribution in [2.24, 2.45) is 5.73 Å². The summed E-state index contributed by atoms with van der Waals surface area (Å²) < 4.78 is 5.42. The Bertz CT molecular complexity index is 578. The zero-order chi connectivity index (χ0) is 13.3. The van der Waals surface area contributed by atoms with E-state index in [0.29, 0.717) is 6.54 Å². The van der Waals surface area contributed by atoms with Gasteiger partial charge in [0.05, 0.1) is 12.8 Å². The van der Waals surface area contributed by atoms with E-state index in [0.717, 1.165) is 38.9 Å². The van der Waals surface area contributed by atoms with Crippen LogP contribution >= 0.6 is 11.6 Å². The lowest BCUT2D eigenvalue weighted by atomic mass is 10.0. The Balaban J connectivity index is 2.65. The van der Waals surface area contributed by atoms with Gasteiger partial charge in [0.2, 0.25) is 0 Å². The maximum Gasteiger partial charge on any atom is 0.128 e. The summed E-state index contributed by atoms with van der Waals surface area (Å²) in [5.74, 6) is 0.768. The van der Waals surface area contributed by atoms with Gasteiger partial charge < -0.3 is 10.5 Å². The summed E-state index contributed by atoms with van der Waals surface area (Å²) in [7, 11) is 1.64. The number of halogens is 1. The van der Waals surface area contributed by atoms with E-state index >= 15 is 0 Å². The highest BCUT2D eigenvalue weighted by Crippen LogP contribution is 2.38. The van der Waals surface area contributed by atoms with Crippen LogP contribution in [0.2, 0.25) is 5.02 Å². The predicted molar refractivity (Wildman–Crippen MR) is 73.0 cm³/mol. The number of nitrogens with two attached hydrogens (primary N) is 1. The summed E-state index contributed by atoms with van der Waals surface area (Å²) in [6.45, 7) is 4.34. The molecule has 0 aliphatic heterocycles. The summed E-state index contributed by atoms with van der Waals surface area (Å²) in [4.78, 5) is 0. The summed E-state index contributed by atoms with van der Waals surface area (Å²) in [5.41, 5.74) is 10.1. The number of ether oxygens (including phenoxy) is 1. The molecule has 4 nitrogen and oxygen atoms in total. The second-order valence-electron chi connectivity index (χ2n) is 4.19. The van der Waals surface area contributed by atoms with Gasteiger partial charge in [0.15, 0.2) is 0 Å². The summed E-state index contributed by atoms with van der Waals surface area (Å²) in [5, 5.41) is 7.89. The van der Waals surface area contributed by atoms with E-state index in [9.17, 15) is 0 Å². The molecular weight excluding hydrogens is 250 g/mol. The molecule has 0 fully saturated rings. The van der Waals surface area contributed by atoms with Crippen molar-refractivity contribution in [2.45, 2.75) is 20.4 Å². The Hall–Kier alpha value is -1.52. The lowest BCUT2D eigenvalue weighted by Gasteiger charge is -2.13. The van der Waals surface area contributed by atoms with Crippen molar-refractivity contribution in [1.29, 1.82) is 0 Å². The van der Waals surface area contributed by atoms with Gasteiger partial charge in [-0.3, -0.25) is 5.10 Å². The molecule has 96 valence electrons. The van der Waals surface area contributed by atoms with Crippen molar-refractivity contribution in [2.75, 3.05) is 7.11 Å². The first-order valence-corrected chi connectivity index (χ1v) is 6.04. The Labute approximate surface area is 111 Å². The number of nitrogens with one attached hydrogen (secondary N) is 1. The van der Waals surface area contributed by atoms with E-state index in [-0.39, 0.29) is 0 Å². The summed E-state index contributed by atoms with van der Waals surface area (Å²) >= 11 is 6.28. The molecule has 0 aliphatic rings. The maximum atomic E-state index is 6.28. The normalized spacial score (nSPS) is 10.7. The molecule has 0 amide bonds. The molecule has 1 aromatic heterocycles. The molecule has 0 atom stereocenters. The number of aryl methyl sites for hydroxylation is 1. The van der Waals surface area contributed by atoms with Gasteiger partial charge in [-0.2, -0.15) is 5.10 Å². The number of nitrogens with zero attached hydrogens (tertiary/aromatic N) is 1. The molecule has 0 radical (unpaired) electrons. The number of benzene rings is 1. The van der Waals surface area contributed by atoms with Crippen LogP contribution in [0.25, 0.3) is 11.3 Å². The molecule has 5 heteroatoms. The van der Waals surface area contributed by atoms with Crippen LogP contribution in [0.15, 0.2) is 12.1 Å². The lowest BCUT2D eigenvalue weighted by Crippen LogP contribution is -1.95. The average molecular weight is 266 g/mol. The first kappa shape index (κ1) is 12.9. The Morgan fingerprint density at radius 1 is 1.39 bits per heavy atom.